The van der Waals surface area contributed by atoms with Gasteiger partial charge in [-0.15, -0.1) is 10.2 Å². The van der Waals surface area contributed by atoms with Gasteiger partial charge in [-0.05, 0) is 17.3 Å². The molecule has 2 rings (SSSR count). The maximum absolute atomic E-state index is 11.9. The molecule has 0 aliphatic heterocycles. The number of carbonyl (C=O) groups excluding carboxylic acids is 1. The molecule has 0 saturated carbocycles. The first-order valence-electron chi connectivity index (χ1n) is 5.03. The van der Waals surface area contributed by atoms with Crippen molar-refractivity contribution < 1.29 is 22.7 Å². The van der Waals surface area contributed by atoms with Gasteiger partial charge in [-0.2, -0.15) is 18.4 Å². The third kappa shape index (κ3) is 3.50. The zero-order valence-electron chi connectivity index (χ0n) is 9.31. The Morgan fingerprint density at radius 2 is 1.95 bits per heavy atom. The predicted molar refractivity (Wildman–Crippen MR) is 56.0 cm³/mol. The summed E-state index contributed by atoms with van der Waals surface area (Å²) in [5.41, 5.74) is 0.581. The minimum absolute atomic E-state index is 0.0106. The van der Waals surface area contributed by atoms with E-state index >= 15 is 0 Å². The summed E-state index contributed by atoms with van der Waals surface area (Å²) in [5, 5.41) is 13.1. The molecule has 0 atom stereocenters. The van der Waals surface area contributed by atoms with Crippen LogP contribution in [0.15, 0.2) is 24.3 Å². The third-order valence-electron chi connectivity index (χ3n) is 2.09. The quantitative estimate of drug-likeness (QED) is 0.858. The van der Waals surface area contributed by atoms with Crippen molar-refractivity contribution in [1.82, 2.24) is 20.6 Å². The minimum Gasteiger partial charge on any atom is -0.452 e. The molecule has 0 fully saturated rings. The van der Waals surface area contributed by atoms with Crippen LogP contribution < -0.4 is 0 Å². The van der Waals surface area contributed by atoms with Crippen molar-refractivity contribution in [3.8, 4) is 11.4 Å². The molecule has 100 valence electrons. The lowest BCUT2D eigenvalue weighted by Gasteiger charge is -2.07. The summed E-state index contributed by atoms with van der Waals surface area (Å²) >= 11 is 0. The number of esters is 1. The summed E-state index contributed by atoms with van der Waals surface area (Å²) in [6, 6.07) is 5.61. The van der Waals surface area contributed by atoms with E-state index in [4.69, 9.17) is 0 Å². The zero-order chi connectivity index (χ0) is 13.9. The van der Waals surface area contributed by atoms with Crippen LogP contribution in [0.1, 0.15) is 10.4 Å². The van der Waals surface area contributed by atoms with Gasteiger partial charge < -0.3 is 4.74 Å². The Hall–Kier alpha value is -2.45. The third-order valence-corrected chi connectivity index (χ3v) is 2.09. The number of hydrogen-bond donors (Lipinski definition) is 1. The number of hydrogen-bond acceptors (Lipinski definition) is 5. The van der Waals surface area contributed by atoms with Gasteiger partial charge in [0.2, 0.25) is 5.82 Å². The van der Waals surface area contributed by atoms with E-state index in [1.807, 2.05) is 0 Å². The SMILES string of the molecule is O=C(OCC(F)(F)F)c1ccc(-c2nn[nH]n2)cc1. The molecule has 19 heavy (non-hydrogen) atoms. The van der Waals surface area contributed by atoms with Crippen LogP contribution in [0.25, 0.3) is 11.4 Å². The second kappa shape index (κ2) is 5.04. The van der Waals surface area contributed by atoms with Crippen molar-refractivity contribution in [2.45, 2.75) is 6.18 Å². The average molecular weight is 272 g/mol. The molecule has 1 aromatic heterocycles. The molecule has 1 heterocycles. The Balaban J connectivity index is 2.04. The van der Waals surface area contributed by atoms with Crippen LogP contribution in [-0.2, 0) is 4.74 Å². The fourth-order valence-corrected chi connectivity index (χ4v) is 1.27. The summed E-state index contributed by atoms with van der Waals surface area (Å²) in [6.45, 7) is -1.61. The molecule has 9 heteroatoms. The molecule has 0 aliphatic rings. The van der Waals surface area contributed by atoms with Gasteiger partial charge in [0, 0.05) is 5.56 Å². The molecule has 0 unspecified atom stereocenters. The average Bonchev–Trinajstić information content (AvgIpc) is 2.89. The summed E-state index contributed by atoms with van der Waals surface area (Å²) in [6.07, 6.45) is -4.54. The summed E-state index contributed by atoms with van der Waals surface area (Å²) < 4.78 is 39.7. The normalized spacial score (nSPS) is 11.3. The molecule has 1 N–H and O–H groups in total. The molecule has 0 radical (unpaired) electrons. The van der Waals surface area contributed by atoms with E-state index < -0.39 is 18.8 Å². The second-order valence-electron chi connectivity index (χ2n) is 3.50. The Bertz CT molecular complexity index is 551. The van der Waals surface area contributed by atoms with Crippen LogP contribution in [0.2, 0.25) is 0 Å². The molecular weight excluding hydrogens is 265 g/mol. The first-order valence-corrected chi connectivity index (χ1v) is 5.03. The lowest BCUT2D eigenvalue weighted by molar-refractivity contribution is -0.161. The lowest BCUT2D eigenvalue weighted by Crippen LogP contribution is -2.20. The van der Waals surface area contributed by atoms with Crippen molar-refractivity contribution in [1.29, 1.82) is 0 Å². The summed E-state index contributed by atoms with van der Waals surface area (Å²) in [4.78, 5) is 11.3. The zero-order valence-corrected chi connectivity index (χ0v) is 9.31. The van der Waals surface area contributed by atoms with E-state index in [2.05, 4.69) is 25.4 Å². The van der Waals surface area contributed by atoms with E-state index in [9.17, 15) is 18.0 Å². The van der Waals surface area contributed by atoms with E-state index in [-0.39, 0.29) is 5.56 Å². The number of rotatable bonds is 3. The number of carbonyl (C=O) groups is 1. The standard InChI is InChI=1S/C10H7F3N4O2/c11-10(12,13)5-19-9(18)7-3-1-6(2-4-7)8-14-16-17-15-8/h1-4H,5H2,(H,14,15,16,17). The Morgan fingerprint density at radius 1 is 1.26 bits per heavy atom. The molecule has 0 amide bonds. The molecule has 0 bridgehead atoms. The highest BCUT2D eigenvalue weighted by molar-refractivity contribution is 5.89. The van der Waals surface area contributed by atoms with Gasteiger partial charge in [0.05, 0.1) is 5.56 Å². The van der Waals surface area contributed by atoms with Gasteiger partial charge in [-0.1, -0.05) is 12.1 Å². The van der Waals surface area contributed by atoms with Crippen LogP contribution in [0.3, 0.4) is 0 Å². The number of H-pyrrole nitrogens is 1. The van der Waals surface area contributed by atoms with E-state index in [1.165, 1.54) is 24.3 Å². The molecular formula is C10H7F3N4O2. The molecule has 0 spiro atoms. The number of tetrazole rings is 1. The minimum atomic E-state index is -4.54. The van der Waals surface area contributed by atoms with Crippen LogP contribution in [0, 0.1) is 0 Å². The number of alkyl halides is 3. The molecule has 2 aromatic rings. The molecule has 1 aromatic carbocycles. The topological polar surface area (TPSA) is 80.8 Å². The molecule has 0 aliphatic carbocycles. The Morgan fingerprint density at radius 3 is 2.47 bits per heavy atom. The highest BCUT2D eigenvalue weighted by atomic mass is 19.4. The van der Waals surface area contributed by atoms with E-state index in [0.29, 0.717) is 11.4 Å². The highest BCUT2D eigenvalue weighted by Crippen LogP contribution is 2.17. The first-order chi connectivity index (χ1) is 8.96. The maximum Gasteiger partial charge on any atom is 0.422 e. The van der Waals surface area contributed by atoms with Gasteiger partial charge in [-0.25, -0.2) is 4.79 Å². The van der Waals surface area contributed by atoms with E-state index in [1.54, 1.807) is 0 Å². The summed E-state index contributed by atoms with van der Waals surface area (Å²) in [5.74, 6) is -0.729. The van der Waals surface area contributed by atoms with Crippen LogP contribution >= 0.6 is 0 Å². The molecule has 0 saturated heterocycles. The van der Waals surface area contributed by atoms with Crippen molar-refractivity contribution in [2.24, 2.45) is 0 Å². The number of nitrogens with zero attached hydrogens (tertiary/aromatic N) is 3. The number of nitrogens with one attached hydrogen (secondary N) is 1. The van der Waals surface area contributed by atoms with Crippen molar-refractivity contribution in [3.05, 3.63) is 29.8 Å². The van der Waals surface area contributed by atoms with Gasteiger partial charge in [0.15, 0.2) is 6.61 Å². The largest absolute Gasteiger partial charge is 0.452 e. The van der Waals surface area contributed by atoms with Crippen LogP contribution in [-0.4, -0.2) is 39.4 Å². The lowest BCUT2D eigenvalue weighted by atomic mass is 10.1. The number of aromatic amines is 1. The Labute approximate surface area is 104 Å². The van der Waals surface area contributed by atoms with Gasteiger partial charge >= 0.3 is 12.1 Å². The summed E-state index contributed by atoms with van der Waals surface area (Å²) in [7, 11) is 0. The predicted octanol–water partition coefficient (Wildman–Crippen LogP) is 1.59. The fraction of sp³-hybridized carbons (Fsp3) is 0.200. The van der Waals surface area contributed by atoms with Crippen molar-refractivity contribution in [3.63, 3.8) is 0 Å². The number of aromatic nitrogens is 4. The van der Waals surface area contributed by atoms with Crippen LogP contribution in [0.5, 0.6) is 0 Å². The van der Waals surface area contributed by atoms with Gasteiger partial charge in [0.1, 0.15) is 0 Å². The second-order valence-corrected chi connectivity index (χ2v) is 3.50. The molecule has 6 nitrogen and oxygen atoms in total. The van der Waals surface area contributed by atoms with Crippen molar-refractivity contribution in [2.75, 3.05) is 6.61 Å². The number of ether oxygens (including phenoxy) is 1. The maximum atomic E-state index is 11.9. The monoisotopic (exact) mass is 272 g/mol. The van der Waals surface area contributed by atoms with Crippen molar-refractivity contribution >= 4 is 5.97 Å². The highest BCUT2D eigenvalue weighted by Gasteiger charge is 2.29. The number of benzene rings is 1. The first kappa shape index (κ1) is 13.0. The fourth-order valence-electron chi connectivity index (χ4n) is 1.27. The number of halogens is 3. The van der Waals surface area contributed by atoms with E-state index in [0.717, 1.165) is 0 Å². The van der Waals surface area contributed by atoms with Gasteiger partial charge in [0.25, 0.3) is 0 Å². The van der Waals surface area contributed by atoms with Crippen LogP contribution in [0.4, 0.5) is 13.2 Å². The smallest absolute Gasteiger partial charge is 0.422 e. The van der Waals surface area contributed by atoms with Gasteiger partial charge in [-0.3, -0.25) is 0 Å². The Kier molecular flexibility index (Phi) is 3.45.